The van der Waals surface area contributed by atoms with Crippen LogP contribution in [0.15, 0.2) is 0 Å². The van der Waals surface area contributed by atoms with Crippen LogP contribution in [0.3, 0.4) is 0 Å². The normalized spacial score (nSPS) is 52.6. The topological polar surface area (TPSA) is 0 Å². The maximum atomic E-state index is 3.32. The summed E-state index contributed by atoms with van der Waals surface area (Å²) in [6.07, 6.45) is 18.4. The fourth-order valence-corrected chi connectivity index (χ4v) is 8.65. The minimum Gasteiger partial charge on any atom is -0.134 e. The quantitative estimate of drug-likeness (QED) is 0.522. The Hall–Kier alpha value is 0.860. The second-order valence-electron chi connectivity index (χ2n) is 9.05. The molecule has 0 aliphatic heterocycles. The van der Waals surface area contributed by atoms with Crippen LogP contribution < -0.4 is 0 Å². The van der Waals surface area contributed by atoms with E-state index in [9.17, 15) is 0 Å². The maximum absolute atomic E-state index is 3.32. The van der Waals surface area contributed by atoms with Gasteiger partial charge >= 0.3 is 0 Å². The Morgan fingerprint density at radius 1 is 0.455 bits per heavy atom. The Bertz CT molecular complexity index is 346. The second-order valence-corrected chi connectivity index (χ2v) is 10.8. The standard InChI is InChI=1S/C20H36P2/c21-17-11-9-13-5-1-3-7-15(13)19(17)20-16-8-4-2-6-14(16)10-12-18(20)22/h13-20H,1-12,21-22H2/t13?,14?,15?,16?,17-,18?,19?,20?/m0/s1. The molecule has 126 valence electrons. The minimum atomic E-state index is 0.924. The van der Waals surface area contributed by atoms with E-state index in [4.69, 9.17) is 0 Å². The van der Waals surface area contributed by atoms with Crippen LogP contribution in [0, 0.1) is 35.5 Å². The molecule has 0 N–H and O–H groups in total. The lowest BCUT2D eigenvalue weighted by atomic mass is 9.54. The zero-order valence-corrected chi connectivity index (χ0v) is 16.6. The van der Waals surface area contributed by atoms with E-state index < -0.39 is 0 Å². The van der Waals surface area contributed by atoms with E-state index >= 15 is 0 Å². The molecule has 4 fully saturated rings. The molecule has 0 spiro atoms. The van der Waals surface area contributed by atoms with Gasteiger partial charge in [-0.1, -0.05) is 38.5 Å². The SMILES string of the molecule is PC1CCC2CCCCC2C1C1C2CCCCC2CC[C@@H]1P. The van der Waals surface area contributed by atoms with Gasteiger partial charge in [0.25, 0.3) is 0 Å². The van der Waals surface area contributed by atoms with Gasteiger partial charge in [-0.05, 0) is 85.4 Å². The molecule has 0 heterocycles. The fourth-order valence-electron chi connectivity index (χ4n) is 7.18. The van der Waals surface area contributed by atoms with Crippen molar-refractivity contribution in [2.75, 3.05) is 0 Å². The highest BCUT2D eigenvalue weighted by Crippen LogP contribution is 2.57. The first kappa shape index (κ1) is 16.3. The van der Waals surface area contributed by atoms with Crippen molar-refractivity contribution in [2.24, 2.45) is 35.5 Å². The van der Waals surface area contributed by atoms with Crippen molar-refractivity contribution in [3.05, 3.63) is 0 Å². The van der Waals surface area contributed by atoms with Crippen LogP contribution in [0.4, 0.5) is 0 Å². The van der Waals surface area contributed by atoms with Gasteiger partial charge in [0.1, 0.15) is 0 Å². The van der Waals surface area contributed by atoms with Gasteiger partial charge < -0.3 is 0 Å². The molecule has 4 saturated carbocycles. The number of hydrogen-bond donors (Lipinski definition) is 0. The van der Waals surface area contributed by atoms with E-state index in [0.717, 1.165) is 46.8 Å². The third-order valence-corrected chi connectivity index (χ3v) is 9.65. The first-order valence-corrected chi connectivity index (χ1v) is 11.6. The summed E-state index contributed by atoms with van der Waals surface area (Å²) >= 11 is 0. The molecule has 22 heavy (non-hydrogen) atoms. The average Bonchev–Trinajstić information content (AvgIpc) is 2.56. The largest absolute Gasteiger partial charge is 0.134 e. The predicted octanol–water partition coefficient (Wildman–Crippen LogP) is 5.91. The van der Waals surface area contributed by atoms with Crippen molar-refractivity contribution in [3.63, 3.8) is 0 Å². The van der Waals surface area contributed by atoms with E-state index in [1.807, 2.05) is 0 Å². The molecule has 0 amide bonds. The highest BCUT2D eigenvalue weighted by atomic mass is 31.0. The molecule has 0 radical (unpaired) electrons. The summed E-state index contributed by atoms with van der Waals surface area (Å²) in [4.78, 5) is 0. The summed E-state index contributed by atoms with van der Waals surface area (Å²) < 4.78 is 0. The van der Waals surface area contributed by atoms with Gasteiger partial charge in [0, 0.05) is 0 Å². The Labute approximate surface area is 142 Å². The summed E-state index contributed by atoms with van der Waals surface area (Å²) in [5, 5.41) is 0. The van der Waals surface area contributed by atoms with E-state index in [-0.39, 0.29) is 0 Å². The van der Waals surface area contributed by atoms with Crippen molar-refractivity contribution in [3.8, 4) is 0 Å². The summed E-state index contributed by atoms with van der Waals surface area (Å²) in [7, 11) is 6.64. The first-order chi connectivity index (χ1) is 10.8. The van der Waals surface area contributed by atoms with E-state index in [2.05, 4.69) is 18.5 Å². The van der Waals surface area contributed by atoms with Gasteiger partial charge in [0.05, 0.1) is 0 Å². The highest BCUT2D eigenvalue weighted by Gasteiger charge is 2.49. The Balaban J connectivity index is 1.61. The molecule has 0 saturated heterocycles. The maximum Gasteiger partial charge on any atom is -0.0230 e. The molecule has 0 aromatic heterocycles. The zero-order valence-electron chi connectivity index (χ0n) is 14.3. The van der Waals surface area contributed by atoms with Crippen LogP contribution in [0.25, 0.3) is 0 Å². The zero-order chi connectivity index (χ0) is 15.1. The Morgan fingerprint density at radius 3 is 1.32 bits per heavy atom. The highest BCUT2D eigenvalue weighted by molar-refractivity contribution is 7.18. The minimum absolute atomic E-state index is 0.924. The average molecular weight is 338 g/mol. The third kappa shape index (κ3) is 2.94. The van der Waals surface area contributed by atoms with E-state index in [0.29, 0.717) is 0 Å². The molecule has 4 rings (SSSR count). The molecule has 0 bridgehead atoms. The van der Waals surface area contributed by atoms with Crippen molar-refractivity contribution >= 4 is 18.5 Å². The van der Waals surface area contributed by atoms with Gasteiger partial charge in [-0.25, -0.2) is 0 Å². The smallest absolute Gasteiger partial charge is 0.0230 e. The molecule has 4 aliphatic rings. The summed E-state index contributed by atoms with van der Waals surface area (Å²) in [6.45, 7) is 0. The Morgan fingerprint density at radius 2 is 0.864 bits per heavy atom. The molecule has 0 aromatic carbocycles. The first-order valence-electron chi connectivity index (χ1n) is 10.3. The van der Waals surface area contributed by atoms with Crippen LogP contribution in [0.2, 0.25) is 0 Å². The number of rotatable bonds is 1. The van der Waals surface area contributed by atoms with E-state index in [1.165, 1.54) is 51.4 Å². The van der Waals surface area contributed by atoms with Crippen LogP contribution in [0.1, 0.15) is 77.0 Å². The lowest BCUT2D eigenvalue weighted by molar-refractivity contribution is -0.00163. The lowest BCUT2D eigenvalue weighted by Crippen LogP contribution is -2.49. The van der Waals surface area contributed by atoms with Gasteiger partial charge in [-0.15, -0.1) is 18.5 Å². The van der Waals surface area contributed by atoms with Gasteiger partial charge in [-0.3, -0.25) is 0 Å². The molecular formula is C20H36P2. The molecule has 0 aromatic rings. The van der Waals surface area contributed by atoms with Crippen LogP contribution in [-0.2, 0) is 0 Å². The van der Waals surface area contributed by atoms with Gasteiger partial charge in [0.2, 0.25) is 0 Å². The Kier molecular flexibility index (Phi) is 5.20. The molecule has 2 heteroatoms. The van der Waals surface area contributed by atoms with Crippen molar-refractivity contribution in [2.45, 2.75) is 88.4 Å². The van der Waals surface area contributed by atoms with Crippen molar-refractivity contribution in [1.82, 2.24) is 0 Å². The van der Waals surface area contributed by atoms with Crippen LogP contribution >= 0.6 is 18.5 Å². The monoisotopic (exact) mass is 338 g/mol. The van der Waals surface area contributed by atoms with Crippen molar-refractivity contribution < 1.29 is 0 Å². The number of hydrogen-bond acceptors (Lipinski definition) is 0. The summed E-state index contributed by atoms with van der Waals surface area (Å²) in [6, 6.07) is 0. The van der Waals surface area contributed by atoms with Crippen LogP contribution in [0.5, 0.6) is 0 Å². The van der Waals surface area contributed by atoms with Gasteiger partial charge in [-0.2, -0.15) is 0 Å². The fraction of sp³-hybridized carbons (Fsp3) is 1.00. The summed E-state index contributed by atoms with van der Waals surface area (Å²) in [5.74, 6) is 6.43. The summed E-state index contributed by atoms with van der Waals surface area (Å²) in [5.41, 5.74) is 1.85. The third-order valence-electron chi connectivity index (χ3n) is 8.10. The molecular weight excluding hydrogens is 302 g/mol. The molecule has 4 aliphatic carbocycles. The molecule has 9 unspecified atom stereocenters. The van der Waals surface area contributed by atoms with E-state index in [1.54, 1.807) is 25.7 Å². The second kappa shape index (κ2) is 7.00. The molecule has 10 atom stereocenters. The van der Waals surface area contributed by atoms with Gasteiger partial charge in [0.15, 0.2) is 0 Å². The lowest BCUT2D eigenvalue weighted by Gasteiger charge is -2.55. The predicted molar refractivity (Wildman–Crippen MR) is 103 cm³/mol. The number of fused-ring (bicyclic) bond motifs is 2. The van der Waals surface area contributed by atoms with Crippen molar-refractivity contribution in [1.29, 1.82) is 0 Å². The molecule has 0 nitrogen and oxygen atoms in total. The van der Waals surface area contributed by atoms with Crippen LogP contribution in [-0.4, -0.2) is 11.3 Å².